The summed E-state index contributed by atoms with van der Waals surface area (Å²) in [7, 11) is 1.63. The van der Waals surface area contributed by atoms with E-state index >= 15 is 0 Å². The molecule has 3 heteroatoms. The summed E-state index contributed by atoms with van der Waals surface area (Å²) in [5.74, 6) is 0. The lowest BCUT2D eigenvalue weighted by Gasteiger charge is -2.08. The molecule has 0 saturated heterocycles. The molecule has 72 valence electrons. The van der Waals surface area contributed by atoms with Gasteiger partial charge in [0.1, 0.15) is 0 Å². The van der Waals surface area contributed by atoms with Crippen LogP contribution in [-0.2, 0) is 17.8 Å². The van der Waals surface area contributed by atoms with Gasteiger partial charge < -0.3 is 4.84 Å². The van der Waals surface area contributed by atoms with Gasteiger partial charge in [0.2, 0.25) is 0 Å². The molecule has 1 aromatic rings. The van der Waals surface area contributed by atoms with Gasteiger partial charge in [0.05, 0.1) is 7.11 Å². The van der Waals surface area contributed by atoms with Gasteiger partial charge in [-0.2, -0.15) is 5.48 Å². The van der Waals surface area contributed by atoms with Crippen molar-refractivity contribution >= 4 is 15.9 Å². The SMILES string of the molecule is CCc1cc(Br)ccc1CNOC. The highest BCUT2D eigenvalue weighted by Crippen LogP contribution is 2.17. The topological polar surface area (TPSA) is 21.3 Å². The van der Waals surface area contributed by atoms with Gasteiger partial charge in [-0.1, -0.05) is 28.9 Å². The van der Waals surface area contributed by atoms with Crippen LogP contribution in [0.5, 0.6) is 0 Å². The van der Waals surface area contributed by atoms with E-state index in [4.69, 9.17) is 4.84 Å². The predicted molar refractivity (Wildman–Crippen MR) is 57.4 cm³/mol. The summed E-state index contributed by atoms with van der Waals surface area (Å²) < 4.78 is 1.13. The lowest BCUT2D eigenvalue weighted by molar-refractivity contribution is 0.0865. The zero-order valence-electron chi connectivity index (χ0n) is 7.93. The molecule has 0 spiro atoms. The molecule has 0 amide bonds. The van der Waals surface area contributed by atoms with Gasteiger partial charge in [0, 0.05) is 11.0 Å². The smallest absolute Gasteiger partial charge is 0.0572 e. The molecule has 0 atom stereocenters. The number of rotatable bonds is 4. The molecular weight excluding hydrogens is 230 g/mol. The van der Waals surface area contributed by atoms with Crippen molar-refractivity contribution in [3.63, 3.8) is 0 Å². The first-order valence-electron chi connectivity index (χ1n) is 4.31. The molecule has 0 aliphatic heterocycles. The maximum Gasteiger partial charge on any atom is 0.0572 e. The summed E-state index contributed by atoms with van der Waals surface area (Å²) >= 11 is 3.45. The monoisotopic (exact) mass is 243 g/mol. The molecule has 1 rings (SSSR count). The minimum Gasteiger partial charge on any atom is -0.305 e. The maximum atomic E-state index is 4.81. The third kappa shape index (κ3) is 3.10. The first kappa shape index (κ1) is 10.7. The van der Waals surface area contributed by atoms with Crippen molar-refractivity contribution in [3.8, 4) is 0 Å². The zero-order chi connectivity index (χ0) is 9.68. The van der Waals surface area contributed by atoms with Gasteiger partial charge in [0.15, 0.2) is 0 Å². The van der Waals surface area contributed by atoms with Gasteiger partial charge in [-0.05, 0) is 29.7 Å². The molecule has 0 radical (unpaired) electrons. The molecule has 0 unspecified atom stereocenters. The molecule has 1 N–H and O–H groups in total. The molecule has 0 aromatic heterocycles. The van der Waals surface area contributed by atoms with E-state index < -0.39 is 0 Å². The van der Waals surface area contributed by atoms with Crippen LogP contribution < -0.4 is 5.48 Å². The van der Waals surface area contributed by atoms with Crippen LogP contribution in [0.15, 0.2) is 22.7 Å². The molecule has 1 aromatic carbocycles. The van der Waals surface area contributed by atoms with Gasteiger partial charge in [-0.3, -0.25) is 0 Å². The Labute approximate surface area is 87.4 Å². The summed E-state index contributed by atoms with van der Waals surface area (Å²) in [6.07, 6.45) is 1.04. The summed E-state index contributed by atoms with van der Waals surface area (Å²) in [6, 6.07) is 6.30. The first-order chi connectivity index (χ1) is 6.27. The molecule has 2 nitrogen and oxygen atoms in total. The van der Waals surface area contributed by atoms with E-state index in [2.05, 4.69) is 40.5 Å². The second kappa shape index (κ2) is 5.37. The Morgan fingerprint density at radius 3 is 2.77 bits per heavy atom. The molecular formula is C10H14BrNO. The largest absolute Gasteiger partial charge is 0.305 e. The van der Waals surface area contributed by atoms with Crippen molar-refractivity contribution in [3.05, 3.63) is 33.8 Å². The maximum absolute atomic E-state index is 4.81. The summed E-state index contributed by atoms with van der Waals surface area (Å²) in [4.78, 5) is 4.81. The van der Waals surface area contributed by atoms with Crippen molar-refractivity contribution in [1.82, 2.24) is 5.48 Å². The normalized spacial score (nSPS) is 10.4. The molecule has 0 aliphatic rings. The van der Waals surface area contributed by atoms with E-state index in [1.807, 2.05) is 6.07 Å². The highest BCUT2D eigenvalue weighted by molar-refractivity contribution is 9.10. The van der Waals surface area contributed by atoms with Gasteiger partial charge in [-0.15, -0.1) is 0 Å². The van der Waals surface area contributed by atoms with Crippen LogP contribution in [0.2, 0.25) is 0 Å². The first-order valence-corrected chi connectivity index (χ1v) is 5.10. The van der Waals surface area contributed by atoms with Crippen LogP contribution in [0, 0.1) is 0 Å². The molecule has 0 heterocycles. The highest BCUT2D eigenvalue weighted by atomic mass is 79.9. The summed E-state index contributed by atoms with van der Waals surface area (Å²) in [5, 5.41) is 0. The second-order valence-corrected chi connectivity index (χ2v) is 3.71. The molecule has 0 aliphatic carbocycles. The standard InChI is InChI=1S/C10H14BrNO/c1-3-8-6-10(11)5-4-9(8)7-12-13-2/h4-6,12H,3,7H2,1-2H3. The number of halogens is 1. The van der Waals surface area contributed by atoms with E-state index in [-0.39, 0.29) is 0 Å². The fourth-order valence-corrected chi connectivity index (χ4v) is 1.65. The van der Waals surface area contributed by atoms with Gasteiger partial charge in [0.25, 0.3) is 0 Å². The predicted octanol–water partition coefficient (Wildman–Crippen LogP) is 2.66. The third-order valence-electron chi connectivity index (χ3n) is 1.96. The third-order valence-corrected chi connectivity index (χ3v) is 2.45. The average Bonchev–Trinajstić information content (AvgIpc) is 2.16. The lowest BCUT2D eigenvalue weighted by atomic mass is 10.1. The molecule has 0 bridgehead atoms. The minimum atomic E-state index is 0.757. The van der Waals surface area contributed by atoms with E-state index in [1.54, 1.807) is 7.11 Å². The molecule has 0 saturated carbocycles. The fourth-order valence-electron chi connectivity index (χ4n) is 1.25. The molecule has 0 fully saturated rings. The second-order valence-electron chi connectivity index (χ2n) is 2.79. The van der Waals surface area contributed by atoms with Gasteiger partial charge >= 0.3 is 0 Å². The number of hydrogen-bond donors (Lipinski definition) is 1. The van der Waals surface area contributed by atoms with E-state index in [9.17, 15) is 0 Å². The van der Waals surface area contributed by atoms with Crippen molar-refractivity contribution in [2.75, 3.05) is 7.11 Å². The van der Waals surface area contributed by atoms with Crippen LogP contribution in [0.3, 0.4) is 0 Å². The van der Waals surface area contributed by atoms with Crippen molar-refractivity contribution in [2.24, 2.45) is 0 Å². The quantitative estimate of drug-likeness (QED) is 0.822. The Morgan fingerprint density at radius 2 is 2.15 bits per heavy atom. The van der Waals surface area contributed by atoms with Crippen LogP contribution >= 0.6 is 15.9 Å². The average molecular weight is 244 g/mol. The van der Waals surface area contributed by atoms with Crippen LogP contribution in [0.4, 0.5) is 0 Å². The van der Waals surface area contributed by atoms with Crippen LogP contribution in [-0.4, -0.2) is 7.11 Å². The Kier molecular flexibility index (Phi) is 4.42. The number of hydroxylamine groups is 1. The Bertz CT molecular complexity index is 276. The lowest BCUT2D eigenvalue weighted by Crippen LogP contribution is -2.12. The zero-order valence-corrected chi connectivity index (χ0v) is 9.52. The van der Waals surface area contributed by atoms with Crippen molar-refractivity contribution < 1.29 is 4.84 Å². The van der Waals surface area contributed by atoms with E-state index in [0.717, 1.165) is 17.4 Å². The molecule has 13 heavy (non-hydrogen) atoms. The van der Waals surface area contributed by atoms with E-state index in [0.29, 0.717) is 0 Å². The van der Waals surface area contributed by atoms with E-state index in [1.165, 1.54) is 11.1 Å². The number of benzene rings is 1. The Morgan fingerprint density at radius 1 is 1.38 bits per heavy atom. The number of aryl methyl sites for hydroxylation is 1. The van der Waals surface area contributed by atoms with Crippen molar-refractivity contribution in [1.29, 1.82) is 0 Å². The highest BCUT2D eigenvalue weighted by Gasteiger charge is 2.00. The number of hydrogen-bond acceptors (Lipinski definition) is 2. The van der Waals surface area contributed by atoms with Crippen LogP contribution in [0.25, 0.3) is 0 Å². The summed E-state index contributed by atoms with van der Waals surface area (Å²) in [6.45, 7) is 2.91. The fraction of sp³-hybridized carbons (Fsp3) is 0.400. The Balaban J connectivity index is 2.79. The van der Waals surface area contributed by atoms with Crippen LogP contribution in [0.1, 0.15) is 18.1 Å². The van der Waals surface area contributed by atoms with Gasteiger partial charge in [-0.25, -0.2) is 0 Å². The Hall–Kier alpha value is -0.380. The minimum absolute atomic E-state index is 0.757. The number of nitrogens with one attached hydrogen (secondary N) is 1. The summed E-state index contributed by atoms with van der Waals surface area (Å²) in [5.41, 5.74) is 5.47. The van der Waals surface area contributed by atoms with Crippen molar-refractivity contribution in [2.45, 2.75) is 19.9 Å².